The van der Waals surface area contributed by atoms with E-state index >= 15 is 0 Å². The van der Waals surface area contributed by atoms with Crippen molar-refractivity contribution in [2.45, 2.75) is 75.7 Å². The van der Waals surface area contributed by atoms with Gasteiger partial charge in [-0.1, -0.05) is 29.8 Å². The van der Waals surface area contributed by atoms with E-state index in [0.29, 0.717) is 17.9 Å². The Labute approximate surface area is 242 Å². The molecule has 0 aromatic heterocycles. The number of allylic oxidation sites excluding steroid dienone is 1. The molecule has 41 heavy (non-hydrogen) atoms. The Morgan fingerprint density at radius 1 is 1.20 bits per heavy atom. The SMILES string of the molecule is N#CN(CC1CC2(CC2)NC1=O)NC(=O)/C(=C\C1CCC(F)(F)CC1)NC(=O)OCC1(Cc2cccc(Cl)c2)CC1. The summed E-state index contributed by atoms with van der Waals surface area (Å²) in [5, 5.41) is 16.7. The standard InChI is InChI=1S/C29H34ClF2N5O4/c30-22-3-1-2-20(12-22)14-27(8-9-27)17-41-26(40)34-23(13-19-4-6-29(31,32)7-5-19)25(39)36-37(18-33)16-21-15-28(10-11-28)35-24(21)38/h1-3,12-13,19,21H,4-11,14-17H2,(H,34,40)(H,35,38)(H,36,39)/b23-13+. The van der Waals surface area contributed by atoms with Crippen LogP contribution in [-0.4, -0.2) is 47.5 Å². The topological polar surface area (TPSA) is 124 Å². The van der Waals surface area contributed by atoms with E-state index in [-0.39, 0.29) is 67.3 Å². The molecule has 0 radical (unpaired) electrons. The molecule has 1 atom stereocenters. The highest BCUT2D eigenvalue weighted by Gasteiger charge is 2.52. The van der Waals surface area contributed by atoms with Crippen LogP contribution in [0.1, 0.15) is 63.4 Å². The molecule has 3 saturated carbocycles. The van der Waals surface area contributed by atoms with Gasteiger partial charge in [0, 0.05) is 28.8 Å². The number of alkyl carbamates (subject to hydrolysis) is 1. The van der Waals surface area contributed by atoms with Crippen molar-refractivity contribution in [2.24, 2.45) is 17.3 Å². The van der Waals surface area contributed by atoms with E-state index < -0.39 is 23.8 Å². The molecular formula is C29H34ClF2N5O4. The number of carbonyl (C=O) groups is 3. The van der Waals surface area contributed by atoms with E-state index in [4.69, 9.17) is 16.3 Å². The van der Waals surface area contributed by atoms with Gasteiger partial charge in [0.1, 0.15) is 5.70 Å². The second-order valence-electron chi connectivity index (χ2n) is 12.1. The molecule has 1 unspecified atom stereocenters. The van der Waals surface area contributed by atoms with Gasteiger partial charge in [0.25, 0.3) is 5.91 Å². The monoisotopic (exact) mass is 589 g/mol. The predicted octanol–water partition coefficient (Wildman–Crippen LogP) is 4.58. The van der Waals surface area contributed by atoms with Crippen molar-refractivity contribution in [1.29, 1.82) is 5.26 Å². The summed E-state index contributed by atoms with van der Waals surface area (Å²) in [6, 6.07) is 7.50. The minimum atomic E-state index is -2.75. The Hall–Kier alpha value is -3.39. The molecule has 1 saturated heterocycles. The molecule has 4 fully saturated rings. The van der Waals surface area contributed by atoms with E-state index in [1.165, 1.54) is 6.08 Å². The van der Waals surface area contributed by atoms with Crippen LogP contribution < -0.4 is 16.1 Å². The third-order valence-electron chi connectivity index (χ3n) is 8.59. The quantitative estimate of drug-likeness (QED) is 0.159. The zero-order valence-electron chi connectivity index (χ0n) is 22.7. The number of hydrogen-bond donors (Lipinski definition) is 3. The fraction of sp³-hybridized carbons (Fsp3) is 0.586. The Bertz CT molecular complexity index is 1260. The van der Waals surface area contributed by atoms with Crippen LogP contribution in [0.3, 0.4) is 0 Å². The molecule has 3 amide bonds. The number of hydrazine groups is 1. The van der Waals surface area contributed by atoms with Gasteiger partial charge in [-0.15, -0.1) is 0 Å². The summed E-state index contributed by atoms with van der Waals surface area (Å²) in [4.78, 5) is 38.4. The average Bonchev–Trinajstić information content (AvgIpc) is 3.83. The summed E-state index contributed by atoms with van der Waals surface area (Å²) in [7, 11) is 0. The van der Waals surface area contributed by atoms with Crippen LogP contribution in [0.25, 0.3) is 0 Å². The van der Waals surface area contributed by atoms with E-state index in [9.17, 15) is 28.4 Å². The summed E-state index contributed by atoms with van der Waals surface area (Å²) in [5.41, 5.74) is 2.92. The molecule has 1 aromatic rings. The number of amides is 3. The number of carbonyl (C=O) groups excluding carboxylic acids is 3. The minimum absolute atomic E-state index is 0.0186. The number of benzene rings is 1. The molecule has 3 N–H and O–H groups in total. The van der Waals surface area contributed by atoms with Gasteiger partial charge < -0.3 is 10.1 Å². The van der Waals surface area contributed by atoms with E-state index in [0.717, 1.165) is 36.3 Å². The fourth-order valence-electron chi connectivity index (χ4n) is 5.75. The molecule has 220 valence electrons. The number of hydrogen-bond acceptors (Lipinski definition) is 6. The van der Waals surface area contributed by atoms with Gasteiger partial charge >= 0.3 is 6.09 Å². The molecule has 1 heterocycles. The Kier molecular flexibility index (Phi) is 8.15. The first-order chi connectivity index (χ1) is 19.5. The maximum absolute atomic E-state index is 13.7. The smallest absolute Gasteiger partial charge is 0.411 e. The van der Waals surface area contributed by atoms with Crippen LogP contribution in [0.2, 0.25) is 5.02 Å². The largest absolute Gasteiger partial charge is 0.449 e. The highest BCUT2D eigenvalue weighted by molar-refractivity contribution is 6.30. The predicted molar refractivity (Wildman–Crippen MR) is 145 cm³/mol. The second kappa shape index (κ2) is 11.5. The molecule has 3 aliphatic carbocycles. The number of nitrogens with one attached hydrogen (secondary N) is 3. The van der Waals surface area contributed by atoms with Gasteiger partial charge in [0.2, 0.25) is 11.8 Å². The number of rotatable bonds is 10. The summed E-state index contributed by atoms with van der Waals surface area (Å²) in [6.07, 6.45) is 6.96. The van der Waals surface area contributed by atoms with Gasteiger partial charge in [-0.05, 0) is 75.0 Å². The molecule has 12 heteroatoms. The zero-order valence-corrected chi connectivity index (χ0v) is 23.4. The van der Waals surface area contributed by atoms with Crippen molar-refractivity contribution in [3.05, 3.63) is 46.6 Å². The van der Waals surface area contributed by atoms with Crippen molar-refractivity contribution in [3.63, 3.8) is 0 Å². The third-order valence-corrected chi connectivity index (χ3v) is 8.83. The average molecular weight is 590 g/mol. The Morgan fingerprint density at radius 3 is 2.54 bits per heavy atom. The Morgan fingerprint density at radius 2 is 1.93 bits per heavy atom. The molecule has 5 rings (SSSR count). The van der Waals surface area contributed by atoms with Crippen molar-refractivity contribution in [1.82, 2.24) is 21.1 Å². The van der Waals surface area contributed by atoms with E-state index in [2.05, 4.69) is 16.1 Å². The molecule has 1 spiro atoms. The zero-order chi connectivity index (χ0) is 29.3. The lowest BCUT2D eigenvalue weighted by Gasteiger charge is -2.27. The summed E-state index contributed by atoms with van der Waals surface area (Å²) in [6.45, 7) is 0.119. The highest BCUT2D eigenvalue weighted by atomic mass is 35.5. The summed E-state index contributed by atoms with van der Waals surface area (Å²) >= 11 is 6.10. The molecule has 1 aromatic carbocycles. The second-order valence-corrected chi connectivity index (χ2v) is 12.5. The number of halogens is 3. The first-order valence-corrected chi connectivity index (χ1v) is 14.4. The lowest BCUT2D eigenvalue weighted by Crippen LogP contribution is -2.46. The third kappa shape index (κ3) is 7.67. The van der Waals surface area contributed by atoms with E-state index in [1.54, 1.807) is 6.07 Å². The summed E-state index contributed by atoms with van der Waals surface area (Å²) < 4.78 is 32.9. The molecule has 4 aliphatic rings. The van der Waals surface area contributed by atoms with Crippen molar-refractivity contribution in [3.8, 4) is 6.19 Å². The maximum Gasteiger partial charge on any atom is 0.411 e. The lowest BCUT2D eigenvalue weighted by atomic mass is 9.86. The first-order valence-electron chi connectivity index (χ1n) is 14.1. The van der Waals surface area contributed by atoms with Gasteiger partial charge in [-0.3, -0.25) is 20.3 Å². The molecule has 0 bridgehead atoms. The van der Waals surface area contributed by atoms with Gasteiger partial charge in [0.05, 0.1) is 19.1 Å². The van der Waals surface area contributed by atoms with Gasteiger partial charge in [0.15, 0.2) is 6.19 Å². The van der Waals surface area contributed by atoms with Crippen molar-refractivity contribution < 1.29 is 27.9 Å². The van der Waals surface area contributed by atoms with Crippen LogP contribution in [-0.2, 0) is 20.7 Å². The highest BCUT2D eigenvalue weighted by Crippen LogP contribution is 2.49. The maximum atomic E-state index is 13.7. The van der Waals surface area contributed by atoms with Crippen LogP contribution in [0.5, 0.6) is 0 Å². The molecule has 1 aliphatic heterocycles. The number of alkyl halides is 2. The van der Waals surface area contributed by atoms with E-state index in [1.807, 2.05) is 24.4 Å². The fourth-order valence-corrected chi connectivity index (χ4v) is 5.97. The van der Waals surface area contributed by atoms with Gasteiger partial charge in [-0.25, -0.2) is 18.6 Å². The van der Waals surface area contributed by atoms with Crippen LogP contribution in [0.4, 0.5) is 13.6 Å². The van der Waals surface area contributed by atoms with Crippen LogP contribution in [0.15, 0.2) is 36.0 Å². The lowest BCUT2D eigenvalue weighted by molar-refractivity contribution is -0.125. The van der Waals surface area contributed by atoms with Gasteiger partial charge in [-0.2, -0.15) is 5.26 Å². The van der Waals surface area contributed by atoms with Crippen molar-refractivity contribution in [2.75, 3.05) is 13.2 Å². The Balaban J connectivity index is 1.21. The minimum Gasteiger partial charge on any atom is -0.449 e. The molecule has 9 nitrogen and oxygen atoms in total. The van der Waals surface area contributed by atoms with Crippen LogP contribution in [0, 0.1) is 28.7 Å². The van der Waals surface area contributed by atoms with Crippen molar-refractivity contribution >= 4 is 29.5 Å². The molecular weight excluding hydrogens is 556 g/mol. The normalized spacial score (nSPS) is 23.7. The number of ether oxygens (including phenoxy) is 1. The number of nitrogens with zero attached hydrogens (tertiary/aromatic N) is 2. The summed E-state index contributed by atoms with van der Waals surface area (Å²) in [5.74, 6) is -4.53. The number of nitriles is 1. The van der Waals surface area contributed by atoms with Crippen LogP contribution >= 0.6 is 11.6 Å². The first kappa shape index (κ1) is 29.1.